The van der Waals surface area contributed by atoms with Gasteiger partial charge in [0.25, 0.3) is 11.8 Å². The first-order valence-electron chi connectivity index (χ1n) is 19.2. The number of hydrogen-bond acceptors (Lipinski definition) is 8. The molecular formula is C44H51N3O8Si. The van der Waals surface area contributed by atoms with Crippen molar-refractivity contribution in [2.45, 2.75) is 69.1 Å². The molecule has 0 unspecified atom stereocenters. The van der Waals surface area contributed by atoms with Gasteiger partial charge in [-0.3, -0.25) is 14.4 Å². The Morgan fingerprint density at radius 2 is 1.57 bits per heavy atom. The van der Waals surface area contributed by atoms with Gasteiger partial charge in [0, 0.05) is 29.3 Å². The molecule has 0 aliphatic carbocycles. The van der Waals surface area contributed by atoms with Crippen LogP contribution in [0.5, 0.6) is 17.2 Å². The van der Waals surface area contributed by atoms with Crippen LogP contribution in [0, 0.1) is 5.92 Å². The first kappa shape index (κ1) is 39.1. The van der Waals surface area contributed by atoms with E-state index in [0.717, 1.165) is 24.2 Å². The number of ether oxygens (including phenoxy) is 4. The van der Waals surface area contributed by atoms with Gasteiger partial charge in [0.1, 0.15) is 17.2 Å². The smallest absolute Gasteiger partial charge is 0.264 e. The van der Waals surface area contributed by atoms with Gasteiger partial charge in [0.05, 0.1) is 66.8 Å². The van der Waals surface area contributed by atoms with E-state index in [1.807, 2.05) is 54.6 Å². The van der Waals surface area contributed by atoms with E-state index in [1.165, 1.54) is 5.19 Å². The Bertz CT molecular complexity index is 2090. The number of nitrogens with one attached hydrogen (secondary N) is 1. The number of fused-ring (bicyclic) bond motifs is 2. The molecule has 0 saturated carbocycles. The summed E-state index contributed by atoms with van der Waals surface area (Å²) in [6, 6.07) is 27.9. The maximum atomic E-state index is 15.3. The molecule has 3 aliphatic heterocycles. The number of methoxy groups -OCH3 is 3. The molecule has 3 heterocycles. The number of likely N-dealkylation sites (tertiary alicyclic amines) is 1. The minimum atomic E-state index is -2.51. The third-order valence-electron chi connectivity index (χ3n) is 12.2. The van der Waals surface area contributed by atoms with Gasteiger partial charge in [0.2, 0.25) is 5.91 Å². The Kier molecular flexibility index (Phi) is 11.0. The van der Waals surface area contributed by atoms with Gasteiger partial charge in [-0.1, -0.05) is 49.5 Å². The average Bonchev–Trinajstić information content (AvgIpc) is 3.88. The first-order chi connectivity index (χ1) is 26.9. The van der Waals surface area contributed by atoms with Crippen LogP contribution < -0.4 is 29.6 Å². The van der Waals surface area contributed by atoms with E-state index in [1.54, 1.807) is 55.4 Å². The van der Waals surface area contributed by atoms with E-state index < -0.39 is 19.8 Å². The number of rotatable bonds is 12. The summed E-state index contributed by atoms with van der Waals surface area (Å²) >= 11 is 0. The summed E-state index contributed by atoms with van der Waals surface area (Å²) in [5.41, 5.74) is 1.79. The van der Waals surface area contributed by atoms with Crippen molar-refractivity contribution in [2.24, 2.45) is 5.92 Å². The second-order valence-corrected chi connectivity index (χ2v) is 20.3. The van der Waals surface area contributed by atoms with E-state index in [2.05, 4.69) is 37.5 Å². The zero-order valence-electron chi connectivity index (χ0n) is 32.9. The second kappa shape index (κ2) is 15.8. The van der Waals surface area contributed by atoms with Crippen LogP contribution in [0.4, 0.5) is 11.4 Å². The van der Waals surface area contributed by atoms with E-state index in [0.29, 0.717) is 40.5 Å². The van der Waals surface area contributed by atoms with Crippen molar-refractivity contribution in [1.29, 1.82) is 0 Å². The Morgan fingerprint density at radius 3 is 2.23 bits per heavy atom. The van der Waals surface area contributed by atoms with Crippen molar-refractivity contribution in [1.82, 2.24) is 4.90 Å². The SMILES string of the molecule is COc1ccc(C(=O)Nc2cccc(CN3C(=O)[C@]4(O[C@H](CC(=O)N5CCC[C@H]5CO)[C@@H]([Si](C)(C)c5ccc(OC)cc5)[C@@H]4C)c4cc(OC)ccc43)c2)cc1. The molecule has 3 aliphatic rings. The summed E-state index contributed by atoms with van der Waals surface area (Å²) in [6.45, 7) is 7.41. The van der Waals surface area contributed by atoms with Crippen LogP contribution in [0.1, 0.15) is 47.7 Å². The van der Waals surface area contributed by atoms with Gasteiger partial charge < -0.3 is 39.2 Å². The molecule has 0 bridgehead atoms. The topological polar surface area (TPSA) is 127 Å². The highest BCUT2D eigenvalue weighted by Crippen LogP contribution is 2.60. The molecule has 3 amide bonds. The van der Waals surface area contributed by atoms with Crippen LogP contribution >= 0.6 is 0 Å². The van der Waals surface area contributed by atoms with Crippen LogP contribution in [0.2, 0.25) is 18.6 Å². The molecule has 56 heavy (non-hydrogen) atoms. The van der Waals surface area contributed by atoms with E-state index >= 15 is 4.79 Å². The number of amides is 3. The molecule has 0 aromatic heterocycles. The highest BCUT2D eigenvalue weighted by Gasteiger charge is 2.66. The van der Waals surface area contributed by atoms with Gasteiger partial charge in [-0.15, -0.1) is 0 Å². The lowest BCUT2D eigenvalue weighted by molar-refractivity contribution is -0.150. The monoisotopic (exact) mass is 777 g/mol. The highest BCUT2D eigenvalue weighted by molar-refractivity contribution is 6.91. The Labute approximate surface area is 329 Å². The molecule has 4 aromatic rings. The quantitative estimate of drug-likeness (QED) is 0.165. The summed E-state index contributed by atoms with van der Waals surface area (Å²) in [6.07, 6.45) is 1.13. The molecule has 1 spiro atoms. The van der Waals surface area contributed by atoms with E-state index in [4.69, 9.17) is 18.9 Å². The van der Waals surface area contributed by atoms with Gasteiger partial charge in [-0.05, 0) is 90.7 Å². The molecule has 294 valence electrons. The van der Waals surface area contributed by atoms with Crippen molar-refractivity contribution >= 4 is 42.4 Å². The predicted octanol–water partition coefficient (Wildman–Crippen LogP) is 6.10. The van der Waals surface area contributed by atoms with Crippen LogP contribution in [0.15, 0.2) is 91.0 Å². The average molecular weight is 778 g/mol. The maximum Gasteiger partial charge on any atom is 0.264 e. The molecule has 5 atom stereocenters. The summed E-state index contributed by atoms with van der Waals surface area (Å²) in [5, 5.41) is 14.2. The molecule has 0 radical (unpaired) electrons. The minimum absolute atomic E-state index is 0.0676. The molecule has 12 heteroatoms. The largest absolute Gasteiger partial charge is 0.497 e. The Morgan fingerprint density at radius 1 is 0.911 bits per heavy atom. The number of aliphatic hydroxyl groups excluding tert-OH is 1. The van der Waals surface area contributed by atoms with Crippen molar-refractivity contribution in [3.8, 4) is 17.2 Å². The summed E-state index contributed by atoms with van der Waals surface area (Å²) < 4.78 is 23.6. The van der Waals surface area contributed by atoms with Crippen LogP contribution in [-0.4, -0.2) is 82.4 Å². The third kappa shape index (κ3) is 6.94. The van der Waals surface area contributed by atoms with Crippen LogP contribution in [0.25, 0.3) is 0 Å². The lowest BCUT2D eigenvalue weighted by Gasteiger charge is -2.37. The number of carbonyl (C=O) groups excluding carboxylic acids is 3. The fourth-order valence-corrected chi connectivity index (χ4v) is 13.3. The van der Waals surface area contributed by atoms with E-state index in [-0.39, 0.29) is 54.8 Å². The molecule has 2 fully saturated rings. The fourth-order valence-electron chi connectivity index (χ4n) is 9.30. The van der Waals surface area contributed by atoms with Crippen molar-refractivity contribution in [3.63, 3.8) is 0 Å². The molecule has 11 nitrogen and oxygen atoms in total. The minimum Gasteiger partial charge on any atom is -0.497 e. The second-order valence-electron chi connectivity index (χ2n) is 15.6. The fraction of sp³-hybridized carbons (Fsp3) is 0.386. The van der Waals surface area contributed by atoms with Crippen molar-refractivity contribution < 1.29 is 38.4 Å². The normalized spacial score (nSPS) is 23.0. The molecule has 2 saturated heterocycles. The highest BCUT2D eigenvalue weighted by atomic mass is 28.3. The number of anilines is 2. The Hall–Kier alpha value is -5.17. The number of hydrogen-bond donors (Lipinski definition) is 2. The molecule has 4 aromatic carbocycles. The maximum absolute atomic E-state index is 15.3. The predicted molar refractivity (Wildman–Crippen MR) is 218 cm³/mol. The lowest BCUT2D eigenvalue weighted by Crippen LogP contribution is -2.52. The number of aliphatic hydroxyl groups is 1. The van der Waals surface area contributed by atoms with Crippen molar-refractivity contribution in [3.05, 3.63) is 108 Å². The molecule has 7 rings (SSSR count). The molecule has 2 N–H and O–H groups in total. The molecular weight excluding hydrogens is 727 g/mol. The standard InChI is InChI=1S/C44H51N3O8Si/c1-28-41(56(5,6)36-19-16-34(53-3)17-20-36)39(25-40(49)46-22-8-11-32(46)27-48)55-44(28)37-24-35(54-4)18-21-38(37)47(43(44)51)26-29-9-7-10-31(23-29)45-42(50)30-12-14-33(52-2)15-13-30/h7,9-10,12-21,23-24,28,32,39,41,48H,8,11,22,25-27H2,1-6H3,(H,45,50)/t28-,32-,39+,41-,44+/m0/s1. The zero-order chi connectivity index (χ0) is 39.8. The van der Waals surface area contributed by atoms with Crippen LogP contribution in [0.3, 0.4) is 0 Å². The summed E-state index contributed by atoms with van der Waals surface area (Å²) in [5.74, 6) is 1.16. The van der Waals surface area contributed by atoms with Gasteiger partial charge in [-0.2, -0.15) is 0 Å². The number of benzene rings is 4. The van der Waals surface area contributed by atoms with Gasteiger partial charge in [-0.25, -0.2) is 0 Å². The van der Waals surface area contributed by atoms with E-state index in [9.17, 15) is 14.7 Å². The first-order valence-corrected chi connectivity index (χ1v) is 22.3. The van der Waals surface area contributed by atoms with Crippen LogP contribution in [-0.2, 0) is 26.5 Å². The lowest BCUT2D eigenvalue weighted by atomic mass is 9.82. The summed E-state index contributed by atoms with van der Waals surface area (Å²) in [7, 11) is 2.32. The van der Waals surface area contributed by atoms with Gasteiger partial charge in [0.15, 0.2) is 5.60 Å². The zero-order valence-corrected chi connectivity index (χ0v) is 33.9. The Balaban J connectivity index is 1.25. The number of carbonyl (C=O) groups is 3. The number of nitrogens with zero attached hydrogens (tertiary/aromatic N) is 2. The van der Waals surface area contributed by atoms with Gasteiger partial charge >= 0.3 is 0 Å². The van der Waals surface area contributed by atoms with Crippen molar-refractivity contribution in [2.75, 3.05) is 44.7 Å². The summed E-state index contributed by atoms with van der Waals surface area (Å²) in [4.78, 5) is 46.1. The third-order valence-corrected chi connectivity index (χ3v) is 16.6.